The lowest BCUT2D eigenvalue weighted by atomic mass is 10.2. The second-order valence-electron chi connectivity index (χ2n) is 5.90. The highest BCUT2D eigenvalue weighted by Crippen LogP contribution is 2.34. The minimum Gasteiger partial charge on any atom is -0.488 e. The Morgan fingerprint density at radius 3 is 3.04 bits per heavy atom. The normalized spacial score (nSPS) is 11.4. The van der Waals surface area contributed by atoms with Crippen LogP contribution in [0.2, 0.25) is 0 Å². The van der Waals surface area contributed by atoms with Crippen LogP contribution in [0.1, 0.15) is 10.6 Å². The van der Waals surface area contributed by atoms with Crippen molar-refractivity contribution >= 4 is 27.3 Å². The van der Waals surface area contributed by atoms with Gasteiger partial charge in [-0.15, -0.1) is 0 Å². The Bertz CT molecular complexity index is 1170. The van der Waals surface area contributed by atoms with Crippen molar-refractivity contribution in [1.82, 2.24) is 19.6 Å². The summed E-state index contributed by atoms with van der Waals surface area (Å²) >= 11 is 1.55. The molecule has 7 heteroatoms. The molecule has 5 aromatic rings. The molecule has 4 heterocycles. The van der Waals surface area contributed by atoms with Gasteiger partial charge in [-0.3, -0.25) is 4.98 Å². The Morgan fingerprint density at radius 1 is 1.23 bits per heavy atom. The fourth-order valence-electron chi connectivity index (χ4n) is 2.85. The minimum atomic E-state index is 0.455. The summed E-state index contributed by atoms with van der Waals surface area (Å²) in [5, 5.41) is 6.30. The van der Waals surface area contributed by atoms with Crippen molar-refractivity contribution in [3.63, 3.8) is 0 Å². The van der Waals surface area contributed by atoms with E-state index < -0.39 is 0 Å². The lowest BCUT2D eigenvalue weighted by Gasteiger charge is -2.06. The van der Waals surface area contributed by atoms with Crippen LogP contribution in [0.4, 0.5) is 0 Å². The monoisotopic (exact) mass is 362 g/mol. The summed E-state index contributed by atoms with van der Waals surface area (Å²) in [6.45, 7) is 2.42. The number of aromatic nitrogens is 4. The van der Waals surface area contributed by atoms with Crippen molar-refractivity contribution in [2.45, 2.75) is 13.5 Å². The highest BCUT2D eigenvalue weighted by molar-refractivity contribution is 7.16. The predicted molar refractivity (Wildman–Crippen MR) is 99.4 cm³/mol. The van der Waals surface area contributed by atoms with Crippen LogP contribution in [-0.2, 0) is 6.61 Å². The zero-order valence-electron chi connectivity index (χ0n) is 13.9. The van der Waals surface area contributed by atoms with Gasteiger partial charge in [-0.2, -0.15) is 5.10 Å². The molecule has 0 amide bonds. The fraction of sp³-hybridized carbons (Fsp3) is 0.105. The maximum Gasteiger partial charge on any atom is 0.212 e. The lowest BCUT2D eigenvalue weighted by Crippen LogP contribution is -1.95. The maximum atomic E-state index is 5.98. The molecule has 0 saturated heterocycles. The number of rotatable bonds is 4. The Morgan fingerprint density at radius 2 is 2.19 bits per heavy atom. The van der Waals surface area contributed by atoms with Crippen molar-refractivity contribution in [1.29, 1.82) is 0 Å². The van der Waals surface area contributed by atoms with Crippen LogP contribution >= 0.6 is 11.3 Å². The van der Waals surface area contributed by atoms with Gasteiger partial charge in [-0.1, -0.05) is 23.5 Å². The molecule has 0 spiro atoms. The highest BCUT2D eigenvalue weighted by Gasteiger charge is 2.14. The van der Waals surface area contributed by atoms with E-state index in [1.807, 2.05) is 49.5 Å². The van der Waals surface area contributed by atoms with Crippen LogP contribution in [0.5, 0.6) is 5.75 Å². The highest BCUT2D eigenvalue weighted by atomic mass is 32.1. The first kappa shape index (κ1) is 15.1. The van der Waals surface area contributed by atoms with Gasteiger partial charge < -0.3 is 9.15 Å². The molecule has 0 aliphatic carbocycles. The summed E-state index contributed by atoms with van der Waals surface area (Å²) in [5.74, 6) is 1.48. The Labute approximate surface area is 152 Å². The molecule has 0 atom stereocenters. The van der Waals surface area contributed by atoms with Crippen LogP contribution in [0.3, 0.4) is 0 Å². The van der Waals surface area contributed by atoms with Crippen LogP contribution in [0.25, 0.3) is 27.4 Å². The Kier molecular flexibility index (Phi) is 3.46. The van der Waals surface area contributed by atoms with Crippen LogP contribution in [0.15, 0.2) is 59.4 Å². The Hall–Kier alpha value is -3.19. The number of aryl methyl sites for hydroxylation is 1. The van der Waals surface area contributed by atoms with Crippen LogP contribution in [-0.4, -0.2) is 19.6 Å². The van der Waals surface area contributed by atoms with E-state index in [-0.39, 0.29) is 0 Å². The van der Waals surface area contributed by atoms with E-state index in [9.17, 15) is 0 Å². The SMILES string of the molecule is Cc1nn2cc(-c3cc4c(OCc5cccnc5)cccc4o3)nc2s1. The molecular weight excluding hydrogens is 348 g/mol. The van der Waals surface area contributed by atoms with Gasteiger partial charge in [0.2, 0.25) is 4.96 Å². The van der Waals surface area contributed by atoms with Crippen LogP contribution in [0, 0.1) is 6.92 Å². The summed E-state index contributed by atoms with van der Waals surface area (Å²) in [4.78, 5) is 9.56. The standard InChI is InChI=1S/C19H14N4O2S/c1-12-22-23-10-15(21-19(23)26-12)18-8-14-16(5-2-6-17(14)25-18)24-11-13-4-3-7-20-9-13/h2-10H,11H2,1H3. The molecule has 0 radical (unpaired) electrons. The molecule has 4 aromatic heterocycles. The minimum absolute atomic E-state index is 0.455. The number of benzene rings is 1. The number of ether oxygens (including phenoxy) is 1. The van der Waals surface area contributed by atoms with Gasteiger partial charge in [0.05, 0.1) is 11.6 Å². The van der Waals surface area contributed by atoms with Crippen molar-refractivity contribution in [3.8, 4) is 17.2 Å². The first-order chi connectivity index (χ1) is 12.8. The van der Waals surface area contributed by atoms with Gasteiger partial charge >= 0.3 is 0 Å². The molecule has 0 N–H and O–H groups in total. The largest absolute Gasteiger partial charge is 0.488 e. The molecule has 128 valence electrons. The molecule has 5 rings (SSSR count). The summed E-state index contributed by atoms with van der Waals surface area (Å²) < 4.78 is 13.7. The van der Waals surface area contributed by atoms with E-state index in [0.717, 1.165) is 37.9 Å². The van der Waals surface area contributed by atoms with Gasteiger partial charge in [-0.05, 0) is 31.2 Å². The number of imidazole rings is 1. The number of hydrogen-bond donors (Lipinski definition) is 0. The van der Waals surface area contributed by atoms with Gasteiger partial charge in [-0.25, -0.2) is 9.50 Å². The topological polar surface area (TPSA) is 65.5 Å². The quantitative estimate of drug-likeness (QED) is 0.471. The zero-order chi connectivity index (χ0) is 17.5. The molecule has 0 saturated carbocycles. The van der Waals surface area contributed by atoms with E-state index in [4.69, 9.17) is 9.15 Å². The summed E-state index contributed by atoms with van der Waals surface area (Å²) in [6.07, 6.45) is 5.43. The van der Waals surface area contributed by atoms with Crippen molar-refractivity contribution in [3.05, 3.63) is 65.6 Å². The van der Waals surface area contributed by atoms with E-state index in [1.165, 1.54) is 0 Å². The molecule has 26 heavy (non-hydrogen) atoms. The first-order valence-corrected chi connectivity index (χ1v) is 8.95. The molecule has 0 aliphatic rings. The third-order valence-corrected chi connectivity index (χ3v) is 4.87. The third-order valence-electron chi connectivity index (χ3n) is 4.04. The smallest absolute Gasteiger partial charge is 0.212 e. The Balaban J connectivity index is 1.49. The zero-order valence-corrected chi connectivity index (χ0v) is 14.7. The molecule has 0 bridgehead atoms. The first-order valence-electron chi connectivity index (χ1n) is 8.14. The third kappa shape index (κ3) is 2.62. The molecular formula is C19H14N4O2S. The number of pyridine rings is 1. The molecule has 0 unspecified atom stereocenters. The van der Waals surface area contributed by atoms with Gasteiger partial charge in [0.25, 0.3) is 0 Å². The van der Waals surface area contributed by atoms with Crippen LogP contribution < -0.4 is 4.74 Å². The van der Waals surface area contributed by atoms with E-state index in [2.05, 4.69) is 15.1 Å². The lowest BCUT2D eigenvalue weighted by molar-refractivity contribution is 0.309. The molecule has 1 aromatic carbocycles. The number of hydrogen-bond acceptors (Lipinski definition) is 6. The average Bonchev–Trinajstić information content (AvgIpc) is 3.32. The summed E-state index contributed by atoms with van der Waals surface area (Å²) in [7, 11) is 0. The number of nitrogens with zero attached hydrogens (tertiary/aromatic N) is 4. The maximum absolute atomic E-state index is 5.98. The van der Waals surface area contributed by atoms with E-state index in [1.54, 1.807) is 28.2 Å². The van der Waals surface area contributed by atoms with E-state index in [0.29, 0.717) is 12.4 Å². The van der Waals surface area contributed by atoms with Gasteiger partial charge in [0.15, 0.2) is 5.76 Å². The fourth-order valence-corrected chi connectivity index (χ4v) is 3.57. The summed E-state index contributed by atoms with van der Waals surface area (Å²) in [6, 6.07) is 11.6. The average molecular weight is 362 g/mol. The number of fused-ring (bicyclic) bond motifs is 2. The second-order valence-corrected chi connectivity index (χ2v) is 7.06. The summed E-state index contributed by atoms with van der Waals surface area (Å²) in [5.41, 5.74) is 2.55. The molecule has 0 aliphatic heterocycles. The van der Waals surface area contributed by atoms with Gasteiger partial charge in [0, 0.05) is 18.0 Å². The van der Waals surface area contributed by atoms with E-state index >= 15 is 0 Å². The number of furan rings is 1. The predicted octanol–water partition coefficient (Wildman–Crippen LogP) is 4.49. The molecule has 0 fully saturated rings. The second kappa shape index (κ2) is 5.96. The van der Waals surface area contributed by atoms with Crippen molar-refractivity contribution in [2.75, 3.05) is 0 Å². The molecule has 6 nitrogen and oxygen atoms in total. The van der Waals surface area contributed by atoms with Crippen molar-refractivity contribution in [2.24, 2.45) is 0 Å². The van der Waals surface area contributed by atoms with Crippen molar-refractivity contribution < 1.29 is 9.15 Å². The van der Waals surface area contributed by atoms with Gasteiger partial charge in [0.1, 0.15) is 28.6 Å².